The first kappa shape index (κ1) is 18.7. The molecule has 1 aromatic carbocycles. The van der Waals surface area contributed by atoms with Gasteiger partial charge < -0.3 is 19.4 Å². The summed E-state index contributed by atoms with van der Waals surface area (Å²) in [6.45, 7) is 3.68. The number of ether oxygens (including phenoxy) is 1. The molecule has 2 rings (SSSR count). The number of piperazine rings is 1. The normalized spacial score (nSPS) is 15.9. The third-order valence-corrected chi connectivity index (χ3v) is 4.32. The van der Waals surface area contributed by atoms with E-state index in [0.717, 1.165) is 0 Å². The van der Waals surface area contributed by atoms with Crippen molar-refractivity contribution in [3.63, 3.8) is 0 Å². The molecule has 132 valence electrons. The highest BCUT2D eigenvalue weighted by molar-refractivity contribution is 6.35. The molecule has 0 aromatic heterocycles. The van der Waals surface area contributed by atoms with Gasteiger partial charge in [0, 0.05) is 45.3 Å². The predicted molar refractivity (Wildman–Crippen MR) is 93.8 cm³/mol. The average Bonchev–Trinajstić information content (AvgIpc) is 2.56. The summed E-state index contributed by atoms with van der Waals surface area (Å²) in [4.78, 5) is 29.4. The van der Waals surface area contributed by atoms with E-state index in [4.69, 9.17) is 27.9 Å². The number of benzene rings is 1. The van der Waals surface area contributed by atoms with E-state index >= 15 is 0 Å². The van der Waals surface area contributed by atoms with E-state index in [1.807, 2.05) is 0 Å². The summed E-state index contributed by atoms with van der Waals surface area (Å²) in [6, 6.07) is 4.83. The molecular weight excluding hydrogens is 353 g/mol. The van der Waals surface area contributed by atoms with Gasteiger partial charge in [-0.2, -0.15) is 0 Å². The van der Waals surface area contributed by atoms with Gasteiger partial charge in [-0.05, 0) is 25.1 Å². The Balaban J connectivity index is 1.91. The molecule has 0 saturated carbocycles. The van der Waals surface area contributed by atoms with Crippen LogP contribution in [-0.2, 0) is 4.79 Å². The largest absolute Gasteiger partial charge is 0.479 e. The van der Waals surface area contributed by atoms with E-state index < -0.39 is 6.10 Å². The first-order valence-electron chi connectivity index (χ1n) is 7.66. The molecule has 1 saturated heterocycles. The van der Waals surface area contributed by atoms with Crippen molar-refractivity contribution >= 4 is 35.1 Å². The van der Waals surface area contributed by atoms with Crippen molar-refractivity contribution in [2.75, 3.05) is 40.3 Å². The molecule has 0 N–H and O–H groups in total. The van der Waals surface area contributed by atoms with E-state index in [-0.39, 0.29) is 11.9 Å². The van der Waals surface area contributed by atoms with Crippen LogP contribution in [0.2, 0.25) is 10.0 Å². The van der Waals surface area contributed by atoms with Gasteiger partial charge >= 0.3 is 6.03 Å². The van der Waals surface area contributed by atoms with Gasteiger partial charge in [-0.15, -0.1) is 0 Å². The number of hydrogen-bond donors (Lipinski definition) is 0. The van der Waals surface area contributed by atoms with Crippen molar-refractivity contribution in [3.8, 4) is 5.75 Å². The SMILES string of the molecule is CC(Oc1ccc(Cl)cc1Cl)C(=O)N1CCN(C(=O)N(C)C)CC1. The number of halogens is 2. The Bertz CT molecular complexity index is 617. The number of carbonyl (C=O) groups is 2. The fraction of sp³-hybridized carbons (Fsp3) is 0.500. The Hall–Kier alpha value is -1.66. The third-order valence-electron chi connectivity index (χ3n) is 3.79. The zero-order valence-electron chi connectivity index (χ0n) is 14.0. The second-order valence-corrected chi connectivity index (χ2v) is 6.67. The van der Waals surface area contributed by atoms with Crippen LogP contribution >= 0.6 is 23.2 Å². The van der Waals surface area contributed by atoms with E-state index in [0.29, 0.717) is 42.0 Å². The van der Waals surface area contributed by atoms with Crippen LogP contribution in [0.1, 0.15) is 6.92 Å². The molecule has 1 aromatic rings. The van der Waals surface area contributed by atoms with Gasteiger partial charge in [0.1, 0.15) is 5.75 Å². The van der Waals surface area contributed by atoms with Gasteiger partial charge in [0.25, 0.3) is 5.91 Å². The summed E-state index contributed by atoms with van der Waals surface area (Å²) in [7, 11) is 3.43. The molecule has 1 fully saturated rings. The Morgan fingerprint density at radius 1 is 1.12 bits per heavy atom. The van der Waals surface area contributed by atoms with Crippen LogP contribution in [0, 0.1) is 0 Å². The van der Waals surface area contributed by atoms with Crippen molar-refractivity contribution in [2.24, 2.45) is 0 Å². The summed E-state index contributed by atoms with van der Waals surface area (Å²) in [5.74, 6) is 0.293. The molecule has 1 heterocycles. The molecule has 0 spiro atoms. The van der Waals surface area contributed by atoms with Gasteiger partial charge in [-0.3, -0.25) is 4.79 Å². The smallest absolute Gasteiger partial charge is 0.319 e. The van der Waals surface area contributed by atoms with Crippen molar-refractivity contribution < 1.29 is 14.3 Å². The fourth-order valence-electron chi connectivity index (χ4n) is 2.47. The topological polar surface area (TPSA) is 53.1 Å². The molecule has 0 aliphatic carbocycles. The minimum absolute atomic E-state index is 0.0423. The van der Waals surface area contributed by atoms with Gasteiger partial charge in [0.05, 0.1) is 5.02 Å². The molecule has 3 amide bonds. The molecule has 0 bridgehead atoms. The van der Waals surface area contributed by atoms with Crippen molar-refractivity contribution in [1.29, 1.82) is 0 Å². The zero-order chi connectivity index (χ0) is 17.9. The number of amides is 3. The van der Waals surface area contributed by atoms with E-state index in [2.05, 4.69) is 0 Å². The summed E-state index contributed by atoms with van der Waals surface area (Å²) < 4.78 is 5.66. The van der Waals surface area contributed by atoms with E-state index in [1.165, 1.54) is 4.90 Å². The Labute approximate surface area is 151 Å². The summed E-state index contributed by atoms with van der Waals surface area (Å²) >= 11 is 11.9. The highest BCUT2D eigenvalue weighted by Gasteiger charge is 2.28. The van der Waals surface area contributed by atoms with Gasteiger partial charge in [-0.25, -0.2) is 4.79 Å². The van der Waals surface area contributed by atoms with E-state index in [1.54, 1.807) is 49.0 Å². The fourth-order valence-corrected chi connectivity index (χ4v) is 2.92. The quantitative estimate of drug-likeness (QED) is 0.817. The van der Waals surface area contributed by atoms with Crippen molar-refractivity contribution in [1.82, 2.24) is 14.7 Å². The van der Waals surface area contributed by atoms with Gasteiger partial charge in [0.2, 0.25) is 0 Å². The maximum absolute atomic E-state index is 12.5. The summed E-state index contributed by atoms with van der Waals surface area (Å²) in [5, 5.41) is 0.872. The highest BCUT2D eigenvalue weighted by atomic mass is 35.5. The number of rotatable bonds is 3. The summed E-state index contributed by atoms with van der Waals surface area (Å²) in [6.07, 6.45) is -0.667. The average molecular weight is 374 g/mol. The Morgan fingerprint density at radius 3 is 2.25 bits per heavy atom. The minimum Gasteiger partial charge on any atom is -0.479 e. The van der Waals surface area contributed by atoms with Crippen LogP contribution in [0.25, 0.3) is 0 Å². The molecule has 6 nitrogen and oxygen atoms in total. The molecule has 1 atom stereocenters. The van der Waals surface area contributed by atoms with Crippen LogP contribution in [-0.4, -0.2) is 73.0 Å². The van der Waals surface area contributed by atoms with Crippen LogP contribution in [0.3, 0.4) is 0 Å². The monoisotopic (exact) mass is 373 g/mol. The lowest BCUT2D eigenvalue weighted by Crippen LogP contribution is -2.54. The molecule has 0 radical (unpaired) electrons. The second-order valence-electron chi connectivity index (χ2n) is 5.82. The number of nitrogens with zero attached hydrogens (tertiary/aromatic N) is 3. The first-order valence-corrected chi connectivity index (χ1v) is 8.42. The zero-order valence-corrected chi connectivity index (χ0v) is 15.5. The molecule has 1 aliphatic rings. The number of hydrogen-bond acceptors (Lipinski definition) is 3. The predicted octanol–water partition coefficient (Wildman–Crippen LogP) is 2.59. The third kappa shape index (κ3) is 4.45. The van der Waals surface area contributed by atoms with Crippen LogP contribution in [0.5, 0.6) is 5.75 Å². The second kappa shape index (κ2) is 7.94. The highest BCUT2D eigenvalue weighted by Crippen LogP contribution is 2.28. The summed E-state index contributed by atoms with van der Waals surface area (Å²) in [5.41, 5.74) is 0. The molecule has 1 unspecified atom stereocenters. The van der Waals surface area contributed by atoms with Crippen LogP contribution in [0.15, 0.2) is 18.2 Å². The lowest BCUT2D eigenvalue weighted by Gasteiger charge is -2.36. The molecule has 8 heteroatoms. The molecular formula is C16H21Cl2N3O3. The first-order chi connectivity index (χ1) is 11.3. The Morgan fingerprint density at radius 2 is 1.71 bits per heavy atom. The number of urea groups is 1. The van der Waals surface area contributed by atoms with E-state index in [9.17, 15) is 9.59 Å². The lowest BCUT2D eigenvalue weighted by atomic mass is 10.2. The maximum atomic E-state index is 12.5. The van der Waals surface area contributed by atoms with Gasteiger partial charge in [0.15, 0.2) is 6.10 Å². The molecule has 1 aliphatic heterocycles. The minimum atomic E-state index is -0.667. The van der Waals surface area contributed by atoms with Gasteiger partial charge in [-0.1, -0.05) is 23.2 Å². The van der Waals surface area contributed by atoms with Crippen molar-refractivity contribution in [3.05, 3.63) is 28.2 Å². The lowest BCUT2D eigenvalue weighted by molar-refractivity contribution is -0.139. The van der Waals surface area contributed by atoms with Crippen LogP contribution < -0.4 is 4.74 Å². The number of carbonyl (C=O) groups excluding carboxylic acids is 2. The van der Waals surface area contributed by atoms with Crippen molar-refractivity contribution in [2.45, 2.75) is 13.0 Å². The maximum Gasteiger partial charge on any atom is 0.319 e. The van der Waals surface area contributed by atoms with Crippen LogP contribution in [0.4, 0.5) is 4.79 Å². The molecule has 24 heavy (non-hydrogen) atoms. The Kier molecular flexibility index (Phi) is 6.18. The standard InChI is InChI=1S/C16H21Cl2N3O3/c1-11(24-14-5-4-12(17)10-13(14)18)15(22)20-6-8-21(9-7-20)16(23)19(2)3/h4-5,10-11H,6-9H2,1-3H3.